The van der Waals surface area contributed by atoms with Crippen LogP contribution in [0.5, 0.6) is 0 Å². The summed E-state index contributed by atoms with van der Waals surface area (Å²) in [6.07, 6.45) is 7.18. The molecule has 2 spiro atoms. The number of benzene rings is 8. The maximum absolute atomic E-state index is 4.98. The number of pyridine rings is 1. The molecule has 0 unspecified atom stereocenters. The van der Waals surface area contributed by atoms with Gasteiger partial charge >= 0.3 is 0 Å². The molecule has 0 radical (unpaired) electrons. The zero-order valence-corrected chi connectivity index (χ0v) is 37.0. The highest BCUT2D eigenvalue weighted by Gasteiger charge is 2.59. The summed E-state index contributed by atoms with van der Waals surface area (Å²) >= 11 is 0. The first kappa shape index (κ1) is 37.7. The van der Waals surface area contributed by atoms with Crippen LogP contribution in [-0.4, -0.2) is 19.5 Å². The summed E-state index contributed by atoms with van der Waals surface area (Å²) in [6, 6.07) is 72.8. The molecule has 6 heteroatoms. The summed E-state index contributed by atoms with van der Waals surface area (Å²) in [6.45, 7) is 4.47. The molecule has 0 fully saturated rings. The third kappa shape index (κ3) is 4.91. The van der Waals surface area contributed by atoms with Crippen LogP contribution in [0.2, 0.25) is 0 Å². The molecule has 0 N–H and O–H groups in total. The molecule has 3 aromatic heterocycles. The lowest BCUT2D eigenvalue weighted by atomic mass is 9.49. The van der Waals surface area contributed by atoms with E-state index in [1.165, 1.54) is 67.0 Å². The number of rotatable bonds is 3. The Labute approximate surface area is 388 Å². The maximum atomic E-state index is 4.98. The lowest BCUT2D eigenvalue weighted by molar-refractivity contribution is 0.607. The Balaban J connectivity index is 1.08. The number of anilines is 6. The molecule has 8 aromatic carbocycles. The standard InChI is InChI=1S/C61H42N6/c1-39-26-29-56-51(33-39)61(52-34-40(2)27-30-57(52)66(56)42-28-31-53-44(35-42)59-58(25-14-32-64-59)67(53)43-36-62-38-63-37-43)47-19-8-6-17-45(47)60(46-18-7-9-20-48(46)61)49-21-10-12-23-54(49)65(41-15-4-3-5-16-41)55-24-13-11-22-50(55)60/h3-38H,1-2H3. The molecular weight excluding hydrogens is 817 g/mol. The normalized spacial score (nSPS) is 14.6. The van der Waals surface area contributed by atoms with Crippen molar-refractivity contribution in [2.75, 3.05) is 9.80 Å². The van der Waals surface area contributed by atoms with E-state index < -0.39 is 10.8 Å². The number of aryl methyl sites for hydroxylation is 2. The largest absolute Gasteiger partial charge is 0.310 e. The predicted octanol–water partition coefficient (Wildman–Crippen LogP) is 14.2. The Morgan fingerprint density at radius 1 is 0.373 bits per heavy atom. The third-order valence-electron chi connectivity index (χ3n) is 14.7. The third-order valence-corrected chi connectivity index (χ3v) is 14.7. The SMILES string of the molecule is Cc1ccc2c(c1)C1(c3cc(C)ccc3N2c2ccc3c(c2)c2ncccc2n3-c2cncnc2)c2ccccc2C2(c3ccccc3N(c3ccccc3)c3ccccc32)c2ccccc21. The van der Waals surface area contributed by atoms with Gasteiger partial charge in [-0.3, -0.25) is 4.98 Å². The first-order valence-corrected chi connectivity index (χ1v) is 23.0. The minimum Gasteiger partial charge on any atom is -0.310 e. The van der Waals surface area contributed by atoms with Crippen molar-refractivity contribution >= 4 is 56.1 Å². The van der Waals surface area contributed by atoms with E-state index in [4.69, 9.17) is 4.98 Å². The number of para-hydroxylation sites is 3. The van der Waals surface area contributed by atoms with Gasteiger partial charge in [0.25, 0.3) is 0 Å². The monoisotopic (exact) mass is 858 g/mol. The van der Waals surface area contributed by atoms with Crippen LogP contribution in [-0.2, 0) is 10.8 Å². The fourth-order valence-electron chi connectivity index (χ4n) is 12.3. The molecule has 0 bridgehead atoms. The lowest BCUT2D eigenvalue weighted by Crippen LogP contribution is -2.49. The summed E-state index contributed by atoms with van der Waals surface area (Å²) in [7, 11) is 0. The van der Waals surface area contributed by atoms with Crippen LogP contribution in [0.15, 0.2) is 219 Å². The Morgan fingerprint density at radius 2 is 0.866 bits per heavy atom. The number of fused-ring (bicyclic) bond motifs is 17. The van der Waals surface area contributed by atoms with Crippen molar-refractivity contribution in [2.45, 2.75) is 24.7 Å². The fraction of sp³-hybridized carbons (Fsp3) is 0.0656. The van der Waals surface area contributed by atoms with E-state index >= 15 is 0 Å². The lowest BCUT2D eigenvalue weighted by Gasteiger charge is -2.56. The molecule has 0 amide bonds. The topological polar surface area (TPSA) is 50.1 Å². The average Bonchev–Trinajstić information content (AvgIpc) is 3.71. The summed E-state index contributed by atoms with van der Waals surface area (Å²) in [4.78, 5) is 18.7. The van der Waals surface area contributed by atoms with Crippen LogP contribution in [0.25, 0.3) is 27.6 Å². The first-order valence-electron chi connectivity index (χ1n) is 23.0. The van der Waals surface area contributed by atoms with E-state index in [0.29, 0.717) is 0 Å². The molecule has 5 heterocycles. The summed E-state index contributed by atoms with van der Waals surface area (Å²) in [5, 5.41) is 1.06. The van der Waals surface area contributed by atoms with E-state index in [0.717, 1.165) is 50.4 Å². The van der Waals surface area contributed by atoms with Gasteiger partial charge in [-0.25, -0.2) is 9.97 Å². The minimum absolute atomic E-state index is 0.641. The van der Waals surface area contributed by atoms with Gasteiger partial charge in [-0.15, -0.1) is 0 Å². The van der Waals surface area contributed by atoms with Gasteiger partial charge in [0.1, 0.15) is 6.33 Å². The van der Waals surface area contributed by atoms with Gasteiger partial charge in [0.05, 0.1) is 68.2 Å². The molecule has 2 aliphatic heterocycles. The molecule has 0 saturated carbocycles. The molecule has 6 nitrogen and oxygen atoms in total. The second kappa shape index (κ2) is 13.9. The van der Waals surface area contributed by atoms with Crippen LogP contribution in [0.1, 0.15) is 55.6 Å². The average molecular weight is 859 g/mol. The molecule has 3 aliphatic rings. The quantitative estimate of drug-likeness (QED) is 0.177. The van der Waals surface area contributed by atoms with Crippen molar-refractivity contribution in [1.29, 1.82) is 0 Å². The first-order chi connectivity index (χ1) is 33.1. The number of hydrogen-bond acceptors (Lipinski definition) is 5. The Kier molecular flexibility index (Phi) is 7.85. The second-order valence-corrected chi connectivity index (χ2v) is 18.2. The van der Waals surface area contributed by atoms with Crippen LogP contribution < -0.4 is 9.80 Å². The van der Waals surface area contributed by atoms with Crippen molar-refractivity contribution in [2.24, 2.45) is 0 Å². The molecule has 14 rings (SSSR count). The highest BCUT2D eigenvalue weighted by Crippen LogP contribution is 2.68. The van der Waals surface area contributed by atoms with Gasteiger partial charge in [0, 0.05) is 23.0 Å². The van der Waals surface area contributed by atoms with E-state index in [1.807, 2.05) is 24.7 Å². The Hall–Kier alpha value is -8.61. The fourth-order valence-corrected chi connectivity index (χ4v) is 12.3. The second-order valence-electron chi connectivity index (χ2n) is 18.2. The van der Waals surface area contributed by atoms with E-state index in [2.05, 4.69) is 226 Å². The highest BCUT2D eigenvalue weighted by atomic mass is 15.2. The van der Waals surface area contributed by atoms with Crippen molar-refractivity contribution in [3.05, 3.63) is 275 Å². The van der Waals surface area contributed by atoms with Crippen LogP contribution in [0, 0.1) is 13.8 Å². The maximum Gasteiger partial charge on any atom is 0.115 e. The summed E-state index contributed by atoms with van der Waals surface area (Å²) in [5.41, 5.74) is 22.1. The molecule has 316 valence electrons. The van der Waals surface area contributed by atoms with Gasteiger partial charge in [-0.2, -0.15) is 0 Å². The zero-order valence-electron chi connectivity index (χ0n) is 37.0. The number of nitrogens with zero attached hydrogens (tertiary/aromatic N) is 6. The predicted molar refractivity (Wildman–Crippen MR) is 270 cm³/mol. The molecular formula is C61H42N6. The van der Waals surface area contributed by atoms with Crippen LogP contribution in [0.3, 0.4) is 0 Å². The van der Waals surface area contributed by atoms with Gasteiger partial charge in [-0.05, 0) is 125 Å². The van der Waals surface area contributed by atoms with Crippen LogP contribution >= 0.6 is 0 Å². The summed E-state index contributed by atoms with van der Waals surface area (Å²) < 4.78 is 2.22. The molecule has 67 heavy (non-hydrogen) atoms. The van der Waals surface area contributed by atoms with Crippen molar-refractivity contribution in [3.8, 4) is 5.69 Å². The molecule has 1 aliphatic carbocycles. The van der Waals surface area contributed by atoms with Crippen molar-refractivity contribution in [3.63, 3.8) is 0 Å². The van der Waals surface area contributed by atoms with Crippen molar-refractivity contribution in [1.82, 2.24) is 19.5 Å². The Bertz CT molecular complexity index is 3660. The van der Waals surface area contributed by atoms with Gasteiger partial charge in [0.15, 0.2) is 0 Å². The van der Waals surface area contributed by atoms with E-state index in [-0.39, 0.29) is 0 Å². The zero-order chi connectivity index (χ0) is 44.4. The summed E-state index contributed by atoms with van der Waals surface area (Å²) in [5.74, 6) is 0. The van der Waals surface area contributed by atoms with Gasteiger partial charge < -0.3 is 14.4 Å². The molecule has 0 atom stereocenters. The van der Waals surface area contributed by atoms with Gasteiger partial charge in [0.2, 0.25) is 0 Å². The van der Waals surface area contributed by atoms with Crippen molar-refractivity contribution < 1.29 is 0 Å². The highest BCUT2D eigenvalue weighted by molar-refractivity contribution is 6.09. The molecule has 0 saturated heterocycles. The Morgan fingerprint density at radius 3 is 1.45 bits per heavy atom. The minimum atomic E-state index is -0.687. The number of aromatic nitrogens is 4. The van der Waals surface area contributed by atoms with E-state index in [9.17, 15) is 0 Å². The smallest absolute Gasteiger partial charge is 0.115 e. The van der Waals surface area contributed by atoms with E-state index in [1.54, 1.807) is 6.33 Å². The van der Waals surface area contributed by atoms with Gasteiger partial charge in [-0.1, -0.05) is 139 Å². The van der Waals surface area contributed by atoms with Crippen LogP contribution in [0.4, 0.5) is 34.1 Å². The molecule has 11 aromatic rings. The number of hydrogen-bond donors (Lipinski definition) is 0.